The number of fused-ring (bicyclic) bond motifs is 1. The standard InChI is InChI=1S/C28H29Cl2N7O3/c1-18(26-22(29)16-31-17-23(26)30)40-20-3-4-24-21(14-20)27(34-33-24)19-2-5-25(32-15-19)35-6-8-36(9-7-35)28(38)37-10-12-39-13-11-37/h2-5,14-18H,6-13H2,1H3,(H,33,34)/t18-/m1/s1. The van der Waals surface area contributed by atoms with E-state index in [4.69, 9.17) is 37.7 Å². The molecular weight excluding hydrogens is 553 g/mol. The number of ether oxygens (including phenoxy) is 2. The van der Waals surface area contributed by atoms with Gasteiger partial charge in [0.1, 0.15) is 23.4 Å². The number of hydrogen-bond acceptors (Lipinski definition) is 7. The third-order valence-corrected chi connectivity index (χ3v) is 7.92. The second-order valence-corrected chi connectivity index (χ2v) is 10.6. The number of anilines is 1. The first-order chi connectivity index (χ1) is 19.5. The van der Waals surface area contributed by atoms with E-state index in [1.54, 1.807) is 12.4 Å². The molecule has 10 nitrogen and oxygen atoms in total. The Morgan fingerprint density at radius 1 is 0.975 bits per heavy atom. The van der Waals surface area contributed by atoms with Gasteiger partial charge in [-0.2, -0.15) is 5.10 Å². The van der Waals surface area contributed by atoms with Gasteiger partial charge in [0.2, 0.25) is 0 Å². The summed E-state index contributed by atoms with van der Waals surface area (Å²) < 4.78 is 11.6. The van der Waals surface area contributed by atoms with E-state index in [1.165, 1.54) is 0 Å². The number of carbonyl (C=O) groups excluding carboxylic acids is 1. The normalized spacial score (nSPS) is 16.8. The van der Waals surface area contributed by atoms with Crippen molar-refractivity contribution in [3.8, 4) is 17.0 Å². The lowest BCUT2D eigenvalue weighted by Crippen LogP contribution is -2.55. The number of H-pyrrole nitrogens is 1. The summed E-state index contributed by atoms with van der Waals surface area (Å²) in [7, 11) is 0. The number of pyridine rings is 2. The zero-order chi connectivity index (χ0) is 27.6. The molecular formula is C28H29Cl2N7O3. The predicted octanol–water partition coefficient (Wildman–Crippen LogP) is 5.04. The summed E-state index contributed by atoms with van der Waals surface area (Å²) in [5.74, 6) is 1.55. The van der Waals surface area contributed by atoms with Crippen LogP contribution in [0, 0.1) is 0 Å². The minimum Gasteiger partial charge on any atom is -0.486 e. The molecule has 0 spiro atoms. The Morgan fingerprint density at radius 2 is 1.70 bits per heavy atom. The number of urea groups is 1. The number of amides is 2. The van der Waals surface area contributed by atoms with Crippen molar-refractivity contribution in [2.45, 2.75) is 13.0 Å². The first-order valence-electron chi connectivity index (χ1n) is 13.2. The molecule has 1 N–H and O–H groups in total. The first-order valence-corrected chi connectivity index (χ1v) is 14.0. The zero-order valence-corrected chi connectivity index (χ0v) is 23.5. The van der Waals surface area contributed by atoms with Crippen LogP contribution in [-0.2, 0) is 4.74 Å². The Morgan fingerprint density at radius 3 is 2.40 bits per heavy atom. The average Bonchev–Trinajstić information content (AvgIpc) is 3.41. The molecule has 2 aliphatic heterocycles. The van der Waals surface area contributed by atoms with Crippen LogP contribution in [0.1, 0.15) is 18.6 Å². The highest BCUT2D eigenvalue weighted by atomic mass is 35.5. The highest BCUT2D eigenvalue weighted by Gasteiger charge is 2.27. The number of hydrogen-bond donors (Lipinski definition) is 1. The van der Waals surface area contributed by atoms with Crippen LogP contribution < -0.4 is 9.64 Å². The van der Waals surface area contributed by atoms with Gasteiger partial charge in [0.05, 0.1) is 28.8 Å². The molecule has 1 aromatic carbocycles. The van der Waals surface area contributed by atoms with E-state index in [2.05, 4.69) is 20.1 Å². The molecule has 2 fully saturated rings. The van der Waals surface area contributed by atoms with Gasteiger partial charge in [-0.15, -0.1) is 0 Å². The molecule has 0 aliphatic carbocycles. The Kier molecular flexibility index (Phi) is 7.64. The molecule has 2 saturated heterocycles. The van der Waals surface area contributed by atoms with Gasteiger partial charge in [-0.1, -0.05) is 23.2 Å². The smallest absolute Gasteiger partial charge is 0.320 e. The number of carbonyl (C=O) groups is 1. The summed E-state index contributed by atoms with van der Waals surface area (Å²) in [6.45, 7) is 7.23. The van der Waals surface area contributed by atoms with Gasteiger partial charge in [-0.05, 0) is 37.3 Å². The van der Waals surface area contributed by atoms with Crippen LogP contribution in [0.15, 0.2) is 48.9 Å². The highest BCUT2D eigenvalue weighted by molar-refractivity contribution is 6.35. The second kappa shape index (κ2) is 11.5. The van der Waals surface area contributed by atoms with Crippen molar-refractivity contribution in [3.05, 3.63) is 64.5 Å². The Bertz CT molecular complexity index is 1480. The SMILES string of the molecule is C[C@@H](Oc1ccc2[nH]nc(-c3ccc(N4CCN(C(=O)N5CCOCC5)CC4)nc3)c2c1)c1c(Cl)cncc1Cl. The number of halogens is 2. The average molecular weight is 582 g/mol. The first kappa shape index (κ1) is 26.6. The number of aromatic amines is 1. The van der Waals surface area contributed by atoms with E-state index >= 15 is 0 Å². The van der Waals surface area contributed by atoms with Gasteiger partial charge in [-0.3, -0.25) is 10.1 Å². The summed E-state index contributed by atoms with van der Waals surface area (Å²) in [6, 6.07) is 9.90. The third kappa shape index (κ3) is 5.39. The Balaban J connectivity index is 1.14. The molecule has 1 atom stereocenters. The number of morpholine rings is 1. The number of nitrogens with zero attached hydrogens (tertiary/aromatic N) is 6. The van der Waals surface area contributed by atoms with Gasteiger partial charge in [0.15, 0.2) is 0 Å². The van der Waals surface area contributed by atoms with Crippen LogP contribution in [-0.4, -0.2) is 88.5 Å². The second-order valence-electron chi connectivity index (χ2n) is 9.82. The summed E-state index contributed by atoms with van der Waals surface area (Å²) >= 11 is 12.6. The van der Waals surface area contributed by atoms with E-state index in [-0.39, 0.29) is 12.1 Å². The van der Waals surface area contributed by atoms with Crippen molar-refractivity contribution < 1.29 is 14.3 Å². The van der Waals surface area contributed by atoms with Gasteiger partial charge in [0.25, 0.3) is 0 Å². The molecule has 4 aromatic rings. The fourth-order valence-corrected chi connectivity index (χ4v) is 5.83. The van der Waals surface area contributed by atoms with E-state index in [0.29, 0.717) is 60.8 Å². The van der Waals surface area contributed by atoms with Crippen molar-refractivity contribution in [1.82, 2.24) is 30.0 Å². The minimum absolute atomic E-state index is 0.0985. The number of aromatic nitrogens is 4. The molecule has 5 heterocycles. The molecule has 2 amide bonds. The fraction of sp³-hybridized carbons (Fsp3) is 0.357. The maximum absolute atomic E-state index is 12.8. The number of rotatable bonds is 5. The molecule has 6 rings (SSSR count). The maximum Gasteiger partial charge on any atom is 0.320 e. The van der Waals surface area contributed by atoms with Crippen molar-refractivity contribution in [1.29, 1.82) is 0 Å². The third-order valence-electron chi connectivity index (χ3n) is 7.32. The van der Waals surface area contributed by atoms with Crippen LogP contribution in [0.2, 0.25) is 10.0 Å². The molecule has 0 radical (unpaired) electrons. The monoisotopic (exact) mass is 581 g/mol. The number of piperazine rings is 1. The van der Waals surface area contributed by atoms with E-state index < -0.39 is 0 Å². The lowest BCUT2D eigenvalue weighted by molar-refractivity contribution is 0.0428. The Labute approximate surface area is 241 Å². The van der Waals surface area contributed by atoms with E-state index in [1.807, 2.05) is 53.3 Å². The van der Waals surface area contributed by atoms with E-state index in [0.717, 1.165) is 41.1 Å². The zero-order valence-electron chi connectivity index (χ0n) is 22.0. The van der Waals surface area contributed by atoms with Crippen LogP contribution >= 0.6 is 23.2 Å². The van der Waals surface area contributed by atoms with Gasteiger partial charge >= 0.3 is 6.03 Å². The summed E-state index contributed by atoms with van der Waals surface area (Å²) in [6.07, 6.45) is 4.58. The lowest BCUT2D eigenvalue weighted by Gasteiger charge is -2.38. The molecule has 0 unspecified atom stereocenters. The molecule has 0 saturated carbocycles. The quantitative estimate of drug-likeness (QED) is 0.352. The fourth-order valence-electron chi connectivity index (χ4n) is 5.15. The molecule has 2 aliphatic rings. The summed E-state index contributed by atoms with van der Waals surface area (Å²) in [5.41, 5.74) is 3.26. The molecule has 40 heavy (non-hydrogen) atoms. The predicted molar refractivity (Wildman–Crippen MR) is 154 cm³/mol. The number of benzene rings is 1. The molecule has 0 bridgehead atoms. The van der Waals surface area contributed by atoms with Crippen LogP contribution in [0.4, 0.5) is 10.6 Å². The largest absolute Gasteiger partial charge is 0.486 e. The van der Waals surface area contributed by atoms with Crippen LogP contribution in [0.25, 0.3) is 22.2 Å². The van der Waals surface area contributed by atoms with Crippen molar-refractivity contribution in [3.63, 3.8) is 0 Å². The van der Waals surface area contributed by atoms with Crippen molar-refractivity contribution >= 4 is 46.0 Å². The van der Waals surface area contributed by atoms with Crippen LogP contribution in [0.5, 0.6) is 5.75 Å². The van der Waals surface area contributed by atoms with Crippen molar-refractivity contribution in [2.75, 3.05) is 57.4 Å². The number of nitrogens with one attached hydrogen (secondary N) is 1. The molecule has 3 aromatic heterocycles. The van der Waals surface area contributed by atoms with E-state index in [9.17, 15) is 4.79 Å². The van der Waals surface area contributed by atoms with Gasteiger partial charge in [0, 0.05) is 74.4 Å². The minimum atomic E-state index is -0.374. The Hall–Kier alpha value is -3.60. The highest BCUT2D eigenvalue weighted by Crippen LogP contribution is 2.35. The van der Waals surface area contributed by atoms with Gasteiger partial charge in [-0.25, -0.2) is 9.78 Å². The topological polar surface area (TPSA) is 99.7 Å². The summed E-state index contributed by atoms with van der Waals surface area (Å²) in [4.78, 5) is 27.5. The lowest BCUT2D eigenvalue weighted by atomic mass is 10.1. The van der Waals surface area contributed by atoms with Crippen molar-refractivity contribution in [2.24, 2.45) is 0 Å². The molecule has 12 heteroatoms. The van der Waals surface area contributed by atoms with Gasteiger partial charge < -0.3 is 24.2 Å². The summed E-state index contributed by atoms with van der Waals surface area (Å²) in [5, 5.41) is 9.48. The molecule has 208 valence electrons. The maximum atomic E-state index is 12.8. The van der Waals surface area contributed by atoms with Crippen LogP contribution in [0.3, 0.4) is 0 Å².